The monoisotopic (exact) mass is 144 g/mol. The fraction of sp³-hybridized carbons (Fsp3) is 0.833. The first-order chi connectivity index (χ1) is 4.75. The zero-order valence-electron chi connectivity index (χ0n) is 6.00. The fourth-order valence-electron chi connectivity index (χ4n) is 1.01. The van der Waals surface area contributed by atoms with E-state index in [2.05, 4.69) is 5.32 Å². The van der Waals surface area contributed by atoms with Crippen LogP contribution in [0.4, 0.5) is 4.79 Å². The molecule has 2 N–H and O–H groups in total. The molecule has 1 aliphatic heterocycles. The maximum atomic E-state index is 10.9. The number of urea groups is 1. The molecule has 58 valence electrons. The minimum atomic E-state index is -0.0680. The molecule has 1 heterocycles. The Labute approximate surface area is 59.8 Å². The molecule has 10 heavy (non-hydrogen) atoms. The van der Waals surface area contributed by atoms with Crippen molar-refractivity contribution in [1.29, 1.82) is 0 Å². The van der Waals surface area contributed by atoms with Crippen LogP contribution in [-0.2, 0) is 0 Å². The molecule has 0 aromatic heterocycles. The molecule has 0 saturated carbocycles. The lowest BCUT2D eigenvalue weighted by atomic mass is 10.3. The highest BCUT2D eigenvalue weighted by Gasteiger charge is 2.23. The summed E-state index contributed by atoms with van der Waals surface area (Å²) in [5.74, 6) is 0. The number of nitrogens with zero attached hydrogens (tertiary/aromatic N) is 1. The third-order valence-electron chi connectivity index (χ3n) is 1.69. The van der Waals surface area contributed by atoms with E-state index in [0.29, 0.717) is 13.1 Å². The Morgan fingerprint density at radius 1 is 1.90 bits per heavy atom. The molecule has 1 saturated heterocycles. The fourth-order valence-corrected chi connectivity index (χ4v) is 1.01. The molecule has 0 spiro atoms. The van der Waals surface area contributed by atoms with Crippen LogP contribution in [0.15, 0.2) is 0 Å². The summed E-state index contributed by atoms with van der Waals surface area (Å²) in [6, 6.07) is -0.121. The molecule has 2 amide bonds. The van der Waals surface area contributed by atoms with Crippen LogP contribution in [0.3, 0.4) is 0 Å². The summed E-state index contributed by atoms with van der Waals surface area (Å²) in [4.78, 5) is 12.5. The number of rotatable bonds is 2. The molecular weight excluding hydrogens is 132 g/mol. The van der Waals surface area contributed by atoms with Gasteiger partial charge in [-0.2, -0.15) is 0 Å². The van der Waals surface area contributed by atoms with E-state index in [0.717, 1.165) is 0 Å². The summed E-state index contributed by atoms with van der Waals surface area (Å²) in [6.45, 7) is 3.27. The van der Waals surface area contributed by atoms with E-state index in [1.807, 2.05) is 6.92 Å². The van der Waals surface area contributed by atoms with Gasteiger partial charge in [-0.15, -0.1) is 0 Å². The Balaban J connectivity index is 2.46. The van der Waals surface area contributed by atoms with Crippen molar-refractivity contribution in [3.63, 3.8) is 0 Å². The molecule has 0 aromatic rings. The van der Waals surface area contributed by atoms with Gasteiger partial charge in [0.25, 0.3) is 0 Å². The van der Waals surface area contributed by atoms with Gasteiger partial charge < -0.3 is 15.3 Å². The number of hydrogen-bond acceptors (Lipinski definition) is 2. The third kappa shape index (κ3) is 1.21. The predicted molar refractivity (Wildman–Crippen MR) is 36.7 cm³/mol. The molecule has 1 atom stereocenters. The number of carbonyl (C=O) groups excluding carboxylic acids is 1. The molecule has 4 nitrogen and oxygen atoms in total. The largest absolute Gasteiger partial charge is 0.394 e. The van der Waals surface area contributed by atoms with Crippen molar-refractivity contribution in [2.45, 2.75) is 13.0 Å². The van der Waals surface area contributed by atoms with Crippen LogP contribution in [0.2, 0.25) is 0 Å². The first-order valence-corrected chi connectivity index (χ1v) is 3.41. The molecule has 0 aromatic carbocycles. The molecule has 1 aliphatic rings. The van der Waals surface area contributed by atoms with Gasteiger partial charge in [0.15, 0.2) is 0 Å². The first-order valence-electron chi connectivity index (χ1n) is 3.41. The van der Waals surface area contributed by atoms with E-state index in [1.54, 1.807) is 4.90 Å². The van der Waals surface area contributed by atoms with Crippen LogP contribution in [0.1, 0.15) is 6.92 Å². The van der Waals surface area contributed by atoms with Crippen LogP contribution in [0, 0.1) is 0 Å². The SMILES string of the molecule is CC(CO)N1CCNC1=O. The van der Waals surface area contributed by atoms with Crippen LogP contribution in [0.25, 0.3) is 0 Å². The number of amides is 2. The van der Waals surface area contributed by atoms with Crippen molar-refractivity contribution in [2.24, 2.45) is 0 Å². The van der Waals surface area contributed by atoms with E-state index in [1.165, 1.54) is 0 Å². The standard InChI is InChI=1S/C6H12N2O2/c1-5(4-9)8-3-2-7-6(8)10/h5,9H,2-4H2,1H3,(H,7,10). The summed E-state index contributed by atoms with van der Waals surface area (Å²) < 4.78 is 0. The number of carbonyl (C=O) groups is 1. The van der Waals surface area contributed by atoms with Crippen molar-refractivity contribution in [3.05, 3.63) is 0 Å². The van der Waals surface area contributed by atoms with Gasteiger partial charge in [-0.1, -0.05) is 0 Å². The van der Waals surface area contributed by atoms with Crippen molar-refractivity contribution in [1.82, 2.24) is 10.2 Å². The highest BCUT2D eigenvalue weighted by molar-refractivity contribution is 5.76. The Hall–Kier alpha value is -0.770. The average Bonchev–Trinajstić information content (AvgIpc) is 2.34. The Morgan fingerprint density at radius 2 is 2.60 bits per heavy atom. The lowest BCUT2D eigenvalue weighted by molar-refractivity contribution is 0.160. The number of nitrogens with one attached hydrogen (secondary N) is 1. The highest BCUT2D eigenvalue weighted by atomic mass is 16.3. The molecular formula is C6H12N2O2. The van der Waals surface area contributed by atoms with Crippen molar-refractivity contribution in [3.8, 4) is 0 Å². The van der Waals surface area contributed by atoms with Gasteiger partial charge >= 0.3 is 6.03 Å². The van der Waals surface area contributed by atoms with Crippen molar-refractivity contribution in [2.75, 3.05) is 19.7 Å². The summed E-state index contributed by atoms with van der Waals surface area (Å²) in [5, 5.41) is 11.4. The molecule has 1 unspecified atom stereocenters. The number of hydrogen-bond donors (Lipinski definition) is 2. The van der Waals surface area contributed by atoms with E-state index in [4.69, 9.17) is 5.11 Å². The number of aliphatic hydroxyl groups is 1. The summed E-state index contributed by atoms with van der Waals surface area (Å²) >= 11 is 0. The van der Waals surface area contributed by atoms with Gasteiger partial charge in [-0.3, -0.25) is 0 Å². The van der Waals surface area contributed by atoms with Crippen molar-refractivity contribution >= 4 is 6.03 Å². The lowest BCUT2D eigenvalue weighted by Gasteiger charge is -2.20. The van der Waals surface area contributed by atoms with E-state index in [9.17, 15) is 4.79 Å². The van der Waals surface area contributed by atoms with E-state index in [-0.39, 0.29) is 18.7 Å². The lowest BCUT2D eigenvalue weighted by Crippen LogP contribution is -2.38. The van der Waals surface area contributed by atoms with Gasteiger partial charge in [0.1, 0.15) is 0 Å². The Kier molecular flexibility index (Phi) is 2.11. The second-order valence-corrected chi connectivity index (χ2v) is 2.46. The highest BCUT2D eigenvalue weighted by Crippen LogP contribution is 2.02. The van der Waals surface area contributed by atoms with Crippen LogP contribution in [0.5, 0.6) is 0 Å². The van der Waals surface area contributed by atoms with Gasteiger partial charge in [-0.05, 0) is 6.92 Å². The van der Waals surface area contributed by atoms with E-state index < -0.39 is 0 Å². The normalized spacial score (nSPS) is 21.0. The summed E-state index contributed by atoms with van der Waals surface area (Å²) in [7, 11) is 0. The van der Waals surface area contributed by atoms with Gasteiger partial charge in [0.05, 0.1) is 12.6 Å². The van der Waals surface area contributed by atoms with Gasteiger partial charge in [-0.25, -0.2) is 4.79 Å². The summed E-state index contributed by atoms with van der Waals surface area (Å²) in [5.41, 5.74) is 0. The molecule has 0 aliphatic carbocycles. The van der Waals surface area contributed by atoms with Gasteiger partial charge in [0.2, 0.25) is 0 Å². The Morgan fingerprint density at radius 3 is 3.00 bits per heavy atom. The zero-order valence-corrected chi connectivity index (χ0v) is 6.00. The predicted octanol–water partition coefficient (Wildman–Crippen LogP) is -0.608. The molecule has 4 heteroatoms. The van der Waals surface area contributed by atoms with Gasteiger partial charge in [0, 0.05) is 13.1 Å². The van der Waals surface area contributed by atoms with Crippen LogP contribution < -0.4 is 5.32 Å². The molecule has 0 bridgehead atoms. The zero-order chi connectivity index (χ0) is 7.56. The van der Waals surface area contributed by atoms with Crippen LogP contribution >= 0.6 is 0 Å². The first kappa shape index (κ1) is 7.34. The quantitative estimate of drug-likeness (QED) is 0.543. The minimum absolute atomic E-state index is 0.0351. The molecule has 1 fully saturated rings. The molecule has 0 radical (unpaired) electrons. The summed E-state index contributed by atoms with van der Waals surface area (Å²) in [6.07, 6.45) is 0. The topological polar surface area (TPSA) is 52.6 Å². The maximum absolute atomic E-state index is 10.9. The van der Waals surface area contributed by atoms with Crippen LogP contribution in [-0.4, -0.2) is 41.8 Å². The third-order valence-corrected chi connectivity index (χ3v) is 1.69. The smallest absolute Gasteiger partial charge is 0.317 e. The van der Waals surface area contributed by atoms with E-state index >= 15 is 0 Å². The second kappa shape index (κ2) is 2.88. The molecule has 1 rings (SSSR count). The Bertz CT molecular complexity index is 138. The number of aliphatic hydroxyl groups excluding tert-OH is 1. The average molecular weight is 144 g/mol. The minimum Gasteiger partial charge on any atom is -0.394 e. The van der Waals surface area contributed by atoms with Crippen molar-refractivity contribution < 1.29 is 9.90 Å². The maximum Gasteiger partial charge on any atom is 0.317 e. The second-order valence-electron chi connectivity index (χ2n) is 2.46.